The zero-order valence-electron chi connectivity index (χ0n) is 11.3. The number of rotatable bonds is 5. The minimum absolute atomic E-state index is 0.0261. The van der Waals surface area contributed by atoms with E-state index in [0.29, 0.717) is 6.54 Å². The van der Waals surface area contributed by atoms with Gasteiger partial charge in [-0.2, -0.15) is 13.2 Å². The van der Waals surface area contributed by atoms with Gasteiger partial charge in [0.1, 0.15) is 0 Å². The first-order valence-electron chi connectivity index (χ1n) is 6.19. The van der Waals surface area contributed by atoms with E-state index < -0.39 is 23.7 Å². The van der Waals surface area contributed by atoms with Crippen molar-refractivity contribution < 1.29 is 27.9 Å². The third-order valence-electron chi connectivity index (χ3n) is 2.73. The highest BCUT2D eigenvalue weighted by Crippen LogP contribution is 2.29. The van der Waals surface area contributed by atoms with Gasteiger partial charge in [0.25, 0.3) is 0 Å². The number of carboxylic acids is 1. The van der Waals surface area contributed by atoms with Crippen LogP contribution in [0, 0.1) is 0 Å². The fraction of sp³-hybridized carbons (Fsp3) is 0.385. The Kier molecular flexibility index (Phi) is 5.57. The Bertz CT molecular complexity index is 500. The van der Waals surface area contributed by atoms with E-state index in [1.807, 2.05) is 0 Å². The van der Waals surface area contributed by atoms with Gasteiger partial charge in [-0.3, -0.25) is 4.79 Å². The lowest BCUT2D eigenvalue weighted by atomic mass is 10.2. The fourth-order valence-electron chi connectivity index (χ4n) is 1.58. The van der Waals surface area contributed by atoms with Crippen LogP contribution in [0.1, 0.15) is 18.9 Å². The summed E-state index contributed by atoms with van der Waals surface area (Å²) in [6.07, 6.45) is -4.63. The number of halogens is 3. The third-order valence-corrected chi connectivity index (χ3v) is 2.73. The van der Waals surface area contributed by atoms with E-state index in [0.717, 1.165) is 24.3 Å². The molecule has 1 rings (SSSR count). The molecule has 0 aliphatic carbocycles. The number of carbonyl (C=O) groups is 2. The summed E-state index contributed by atoms with van der Waals surface area (Å²) in [5, 5.41) is 11.0. The molecule has 5 nitrogen and oxygen atoms in total. The quantitative estimate of drug-likeness (QED) is 0.878. The van der Waals surface area contributed by atoms with Crippen molar-refractivity contribution in [3.8, 4) is 0 Å². The largest absolute Gasteiger partial charge is 0.481 e. The summed E-state index contributed by atoms with van der Waals surface area (Å²) in [4.78, 5) is 23.6. The van der Waals surface area contributed by atoms with Gasteiger partial charge in [-0.15, -0.1) is 0 Å². The number of amides is 2. The molecule has 0 spiro atoms. The van der Waals surface area contributed by atoms with Crippen LogP contribution >= 0.6 is 0 Å². The average molecular weight is 304 g/mol. The molecular weight excluding hydrogens is 289 g/mol. The average Bonchev–Trinajstić information content (AvgIpc) is 2.38. The van der Waals surface area contributed by atoms with Gasteiger partial charge in [0, 0.05) is 18.8 Å². The van der Waals surface area contributed by atoms with Crippen LogP contribution in [0.4, 0.5) is 23.7 Å². The summed E-state index contributed by atoms with van der Waals surface area (Å²) >= 11 is 0. The first kappa shape index (κ1) is 16.8. The molecule has 2 amide bonds. The monoisotopic (exact) mass is 304 g/mol. The molecule has 0 fully saturated rings. The minimum atomic E-state index is -4.43. The van der Waals surface area contributed by atoms with Gasteiger partial charge in [0.05, 0.1) is 12.0 Å². The number of hydrogen-bond acceptors (Lipinski definition) is 2. The van der Waals surface area contributed by atoms with E-state index >= 15 is 0 Å². The van der Waals surface area contributed by atoms with Crippen LogP contribution in [0.25, 0.3) is 0 Å². The summed E-state index contributed by atoms with van der Waals surface area (Å²) in [5.41, 5.74) is -0.597. The summed E-state index contributed by atoms with van der Waals surface area (Å²) in [6.45, 7) is 1.99. The minimum Gasteiger partial charge on any atom is -0.481 e. The molecule has 0 unspecified atom stereocenters. The Morgan fingerprint density at radius 3 is 2.24 bits per heavy atom. The Morgan fingerprint density at radius 2 is 1.81 bits per heavy atom. The van der Waals surface area contributed by atoms with Crippen molar-refractivity contribution in [3.63, 3.8) is 0 Å². The molecule has 8 heteroatoms. The van der Waals surface area contributed by atoms with Crippen LogP contribution in [0.15, 0.2) is 24.3 Å². The molecule has 0 saturated carbocycles. The number of nitrogens with zero attached hydrogens (tertiary/aromatic N) is 1. The van der Waals surface area contributed by atoms with Crippen molar-refractivity contribution >= 4 is 17.7 Å². The normalized spacial score (nSPS) is 11.0. The number of carboxylic acid groups (broad SMARTS) is 1. The molecular formula is C13H15F3N2O3. The summed E-state index contributed by atoms with van der Waals surface area (Å²) in [5.74, 6) is -1.03. The number of carbonyl (C=O) groups excluding carboxylic acids is 1. The van der Waals surface area contributed by atoms with E-state index in [1.165, 1.54) is 4.90 Å². The lowest BCUT2D eigenvalue weighted by Crippen LogP contribution is -2.36. The first-order chi connectivity index (χ1) is 9.74. The third kappa shape index (κ3) is 5.33. The van der Waals surface area contributed by atoms with Gasteiger partial charge in [-0.1, -0.05) is 0 Å². The molecule has 0 radical (unpaired) electrons. The second-order valence-corrected chi connectivity index (χ2v) is 4.23. The van der Waals surface area contributed by atoms with Crippen molar-refractivity contribution in [2.45, 2.75) is 19.5 Å². The summed E-state index contributed by atoms with van der Waals surface area (Å²) in [6, 6.07) is 3.46. The second kappa shape index (κ2) is 6.96. The topological polar surface area (TPSA) is 69.6 Å². The van der Waals surface area contributed by atoms with Gasteiger partial charge in [0.2, 0.25) is 0 Å². The zero-order valence-corrected chi connectivity index (χ0v) is 11.3. The molecule has 0 aliphatic heterocycles. The molecule has 0 aromatic heterocycles. The van der Waals surface area contributed by atoms with Gasteiger partial charge in [0.15, 0.2) is 0 Å². The molecule has 21 heavy (non-hydrogen) atoms. The van der Waals surface area contributed by atoms with Crippen molar-refractivity contribution in [3.05, 3.63) is 29.8 Å². The molecule has 0 saturated heterocycles. The molecule has 0 bridgehead atoms. The van der Waals surface area contributed by atoms with E-state index in [9.17, 15) is 22.8 Å². The molecule has 1 aromatic rings. The van der Waals surface area contributed by atoms with Gasteiger partial charge >= 0.3 is 18.2 Å². The molecule has 116 valence electrons. The molecule has 0 heterocycles. The highest BCUT2D eigenvalue weighted by atomic mass is 19.4. The number of alkyl halides is 3. The smallest absolute Gasteiger partial charge is 0.416 e. The Labute approximate surface area is 119 Å². The van der Waals surface area contributed by atoms with Crippen molar-refractivity contribution in [1.29, 1.82) is 0 Å². The van der Waals surface area contributed by atoms with Crippen LogP contribution in [0.3, 0.4) is 0 Å². The molecule has 1 aromatic carbocycles. The maximum atomic E-state index is 12.4. The maximum absolute atomic E-state index is 12.4. The SMILES string of the molecule is CCN(CCC(=O)O)C(=O)Nc1ccc(C(F)(F)F)cc1. The Morgan fingerprint density at radius 1 is 1.24 bits per heavy atom. The lowest BCUT2D eigenvalue weighted by Gasteiger charge is -2.20. The van der Waals surface area contributed by atoms with Gasteiger partial charge < -0.3 is 15.3 Å². The van der Waals surface area contributed by atoms with Gasteiger partial charge in [-0.05, 0) is 31.2 Å². The molecule has 2 N–H and O–H groups in total. The molecule has 0 aliphatic rings. The van der Waals surface area contributed by atoms with E-state index in [2.05, 4.69) is 5.32 Å². The predicted octanol–water partition coefficient (Wildman–Crippen LogP) is 3.03. The fourth-order valence-corrected chi connectivity index (χ4v) is 1.58. The number of urea groups is 1. The van der Waals surface area contributed by atoms with Crippen LogP contribution < -0.4 is 5.32 Å². The molecule has 0 atom stereocenters. The number of aliphatic carboxylic acids is 1. The lowest BCUT2D eigenvalue weighted by molar-refractivity contribution is -0.138. The second-order valence-electron chi connectivity index (χ2n) is 4.23. The van der Waals surface area contributed by atoms with E-state index in [-0.39, 0.29) is 18.7 Å². The maximum Gasteiger partial charge on any atom is 0.416 e. The Hall–Kier alpha value is -2.25. The number of benzene rings is 1. The van der Waals surface area contributed by atoms with Crippen LogP contribution in [0.5, 0.6) is 0 Å². The Balaban J connectivity index is 2.67. The van der Waals surface area contributed by atoms with Crippen LogP contribution in [-0.2, 0) is 11.0 Å². The summed E-state index contributed by atoms with van der Waals surface area (Å²) in [7, 11) is 0. The predicted molar refractivity (Wildman–Crippen MR) is 70.0 cm³/mol. The summed E-state index contributed by atoms with van der Waals surface area (Å²) < 4.78 is 37.2. The standard InChI is InChI=1S/C13H15F3N2O3/c1-2-18(8-7-11(19)20)12(21)17-10-5-3-9(4-6-10)13(14,15)16/h3-6H,2,7-8H2,1H3,(H,17,21)(H,19,20). The van der Waals surface area contributed by atoms with Crippen molar-refractivity contribution in [2.75, 3.05) is 18.4 Å². The first-order valence-corrected chi connectivity index (χ1v) is 6.19. The van der Waals surface area contributed by atoms with Crippen LogP contribution in [-0.4, -0.2) is 35.1 Å². The number of anilines is 1. The highest BCUT2D eigenvalue weighted by molar-refractivity contribution is 5.89. The zero-order chi connectivity index (χ0) is 16.0. The van der Waals surface area contributed by atoms with E-state index in [1.54, 1.807) is 6.92 Å². The van der Waals surface area contributed by atoms with Crippen LogP contribution in [0.2, 0.25) is 0 Å². The van der Waals surface area contributed by atoms with Crippen molar-refractivity contribution in [1.82, 2.24) is 4.90 Å². The number of hydrogen-bond donors (Lipinski definition) is 2. The van der Waals surface area contributed by atoms with E-state index in [4.69, 9.17) is 5.11 Å². The number of nitrogens with one attached hydrogen (secondary N) is 1. The van der Waals surface area contributed by atoms with Crippen molar-refractivity contribution in [2.24, 2.45) is 0 Å². The highest BCUT2D eigenvalue weighted by Gasteiger charge is 2.30. The van der Waals surface area contributed by atoms with Gasteiger partial charge in [-0.25, -0.2) is 4.79 Å².